The van der Waals surface area contributed by atoms with Crippen LogP contribution in [0.5, 0.6) is 0 Å². The lowest BCUT2D eigenvalue weighted by atomic mass is 10.1. The van der Waals surface area contributed by atoms with E-state index in [1.807, 2.05) is 0 Å². The maximum atomic E-state index is 2.63. The maximum absolute atomic E-state index is 2.63. The SMILES string of the molecule is CC(C)N1CCCCCC1C. The molecule has 1 rings (SSSR count). The molecule has 66 valence electrons. The smallest absolute Gasteiger partial charge is 0.00696 e. The highest BCUT2D eigenvalue weighted by molar-refractivity contribution is 4.73. The van der Waals surface area contributed by atoms with Crippen molar-refractivity contribution >= 4 is 0 Å². The van der Waals surface area contributed by atoms with Crippen LogP contribution in [0.1, 0.15) is 46.5 Å². The van der Waals surface area contributed by atoms with Gasteiger partial charge >= 0.3 is 0 Å². The van der Waals surface area contributed by atoms with Crippen LogP contribution in [0.4, 0.5) is 0 Å². The monoisotopic (exact) mass is 155 g/mol. The predicted molar refractivity (Wildman–Crippen MR) is 49.8 cm³/mol. The average molecular weight is 155 g/mol. The van der Waals surface area contributed by atoms with Crippen LogP contribution in [0.15, 0.2) is 0 Å². The van der Waals surface area contributed by atoms with Crippen molar-refractivity contribution in [1.82, 2.24) is 4.90 Å². The second-order valence-corrected chi connectivity index (χ2v) is 4.03. The minimum absolute atomic E-state index is 0.739. The third-order valence-electron chi connectivity index (χ3n) is 2.77. The molecule has 1 heterocycles. The van der Waals surface area contributed by atoms with Crippen LogP contribution in [-0.2, 0) is 0 Å². The normalized spacial score (nSPS) is 28.9. The van der Waals surface area contributed by atoms with Crippen molar-refractivity contribution in [1.29, 1.82) is 0 Å². The largest absolute Gasteiger partial charge is 0.298 e. The third-order valence-corrected chi connectivity index (χ3v) is 2.77. The predicted octanol–water partition coefficient (Wildman–Crippen LogP) is 2.66. The van der Waals surface area contributed by atoms with Gasteiger partial charge in [-0.15, -0.1) is 0 Å². The second-order valence-electron chi connectivity index (χ2n) is 4.03. The van der Waals surface area contributed by atoms with E-state index in [9.17, 15) is 0 Å². The fourth-order valence-corrected chi connectivity index (χ4v) is 2.06. The average Bonchev–Trinajstić information content (AvgIpc) is 2.13. The highest BCUT2D eigenvalue weighted by atomic mass is 15.2. The van der Waals surface area contributed by atoms with Gasteiger partial charge in [0.15, 0.2) is 0 Å². The van der Waals surface area contributed by atoms with E-state index in [4.69, 9.17) is 0 Å². The van der Waals surface area contributed by atoms with Crippen LogP contribution in [-0.4, -0.2) is 23.5 Å². The minimum atomic E-state index is 0.739. The van der Waals surface area contributed by atoms with Gasteiger partial charge in [0.2, 0.25) is 0 Å². The van der Waals surface area contributed by atoms with Crippen molar-refractivity contribution < 1.29 is 0 Å². The lowest BCUT2D eigenvalue weighted by Crippen LogP contribution is -2.38. The quantitative estimate of drug-likeness (QED) is 0.562. The van der Waals surface area contributed by atoms with E-state index < -0.39 is 0 Å². The van der Waals surface area contributed by atoms with E-state index in [0.717, 1.165) is 12.1 Å². The molecule has 1 fully saturated rings. The van der Waals surface area contributed by atoms with Crippen LogP contribution >= 0.6 is 0 Å². The fourth-order valence-electron chi connectivity index (χ4n) is 2.06. The van der Waals surface area contributed by atoms with Gasteiger partial charge in [-0.1, -0.05) is 12.8 Å². The van der Waals surface area contributed by atoms with E-state index in [1.54, 1.807) is 0 Å². The molecule has 1 saturated heterocycles. The van der Waals surface area contributed by atoms with Crippen LogP contribution in [0.3, 0.4) is 0 Å². The number of likely N-dealkylation sites (tertiary alicyclic amines) is 1. The van der Waals surface area contributed by atoms with Crippen molar-refractivity contribution in [3.8, 4) is 0 Å². The summed E-state index contributed by atoms with van der Waals surface area (Å²) in [5.74, 6) is 0. The molecule has 1 aliphatic rings. The van der Waals surface area contributed by atoms with Crippen molar-refractivity contribution in [2.24, 2.45) is 0 Å². The van der Waals surface area contributed by atoms with Gasteiger partial charge in [-0.05, 0) is 40.2 Å². The van der Waals surface area contributed by atoms with Gasteiger partial charge in [-0.2, -0.15) is 0 Å². The summed E-state index contributed by atoms with van der Waals surface area (Å²) in [6.07, 6.45) is 5.68. The summed E-state index contributed by atoms with van der Waals surface area (Å²) in [6.45, 7) is 8.30. The Morgan fingerprint density at radius 1 is 1.18 bits per heavy atom. The van der Waals surface area contributed by atoms with Crippen LogP contribution in [0.25, 0.3) is 0 Å². The Hall–Kier alpha value is -0.0400. The standard InChI is InChI=1S/C10H21N/c1-9(2)11-8-6-4-5-7-10(11)3/h9-10H,4-8H2,1-3H3. The molecular weight excluding hydrogens is 134 g/mol. The molecule has 1 nitrogen and oxygen atoms in total. The van der Waals surface area contributed by atoms with Gasteiger partial charge in [0, 0.05) is 12.1 Å². The summed E-state index contributed by atoms with van der Waals surface area (Å²) in [5.41, 5.74) is 0. The van der Waals surface area contributed by atoms with Gasteiger partial charge in [0.25, 0.3) is 0 Å². The molecule has 0 amide bonds. The molecule has 1 unspecified atom stereocenters. The number of hydrogen-bond donors (Lipinski definition) is 0. The van der Waals surface area contributed by atoms with Crippen molar-refractivity contribution in [2.45, 2.75) is 58.5 Å². The molecule has 0 aromatic rings. The molecule has 0 aromatic carbocycles. The topological polar surface area (TPSA) is 3.24 Å². The molecule has 1 heteroatoms. The molecule has 11 heavy (non-hydrogen) atoms. The zero-order chi connectivity index (χ0) is 8.27. The zero-order valence-electron chi connectivity index (χ0n) is 8.14. The molecule has 1 atom stereocenters. The molecule has 0 aliphatic carbocycles. The minimum Gasteiger partial charge on any atom is -0.298 e. The van der Waals surface area contributed by atoms with Gasteiger partial charge < -0.3 is 0 Å². The van der Waals surface area contributed by atoms with Gasteiger partial charge in [0.05, 0.1) is 0 Å². The second kappa shape index (κ2) is 4.10. The molecule has 0 N–H and O–H groups in total. The van der Waals surface area contributed by atoms with Crippen molar-refractivity contribution in [3.63, 3.8) is 0 Å². The third kappa shape index (κ3) is 2.48. The number of nitrogens with zero attached hydrogens (tertiary/aromatic N) is 1. The van der Waals surface area contributed by atoms with E-state index in [1.165, 1.54) is 32.2 Å². The summed E-state index contributed by atoms with van der Waals surface area (Å²) in [4.78, 5) is 2.63. The first-order valence-electron chi connectivity index (χ1n) is 4.97. The van der Waals surface area contributed by atoms with Gasteiger partial charge in [-0.3, -0.25) is 4.90 Å². The van der Waals surface area contributed by atoms with E-state index >= 15 is 0 Å². The van der Waals surface area contributed by atoms with Crippen LogP contribution < -0.4 is 0 Å². The summed E-state index contributed by atoms with van der Waals surface area (Å²) in [6, 6.07) is 1.56. The first kappa shape index (κ1) is 9.05. The summed E-state index contributed by atoms with van der Waals surface area (Å²) in [5, 5.41) is 0. The fraction of sp³-hybridized carbons (Fsp3) is 1.00. The Bertz CT molecular complexity index is 109. The van der Waals surface area contributed by atoms with Gasteiger partial charge in [-0.25, -0.2) is 0 Å². The van der Waals surface area contributed by atoms with Crippen molar-refractivity contribution in [3.05, 3.63) is 0 Å². The Morgan fingerprint density at radius 2 is 1.91 bits per heavy atom. The lowest BCUT2D eigenvalue weighted by Gasteiger charge is -2.30. The molecule has 1 aliphatic heterocycles. The van der Waals surface area contributed by atoms with E-state index in [-0.39, 0.29) is 0 Å². The highest BCUT2D eigenvalue weighted by Crippen LogP contribution is 2.18. The molecule has 0 aromatic heterocycles. The Balaban J connectivity index is 2.45. The molecule has 0 radical (unpaired) electrons. The molecule has 0 saturated carbocycles. The van der Waals surface area contributed by atoms with E-state index in [0.29, 0.717) is 0 Å². The zero-order valence-corrected chi connectivity index (χ0v) is 8.14. The Morgan fingerprint density at radius 3 is 2.55 bits per heavy atom. The van der Waals surface area contributed by atoms with Crippen molar-refractivity contribution in [2.75, 3.05) is 6.54 Å². The Labute approximate surface area is 70.8 Å². The summed E-state index contributed by atoms with van der Waals surface area (Å²) >= 11 is 0. The van der Waals surface area contributed by atoms with Gasteiger partial charge in [0.1, 0.15) is 0 Å². The van der Waals surface area contributed by atoms with Crippen LogP contribution in [0.2, 0.25) is 0 Å². The first-order chi connectivity index (χ1) is 5.22. The summed E-state index contributed by atoms with van der Waals surface area (Å²) in [7, 11) is 0. The summed E-state index contributed by atoms with van der Waals surface area (Å²) < 4.78 is 0. The lowest BCUT2D eigenvalue weighted by molar-refractivity contribution is 0.168. The first-order valence-corrected chi connectivity index (χ1v) is 4.97. The Kier molecular flexibility index (Phi) is 3.38. The molecular formula is C10H21N. The molecule has 0 spiro atoms. The highest BCUT2D eigenvalue weighted by Gasteiger charge is 2.18. The van der Waals surface area contributed by atoms with E-state index in [2.05, 4.69) is 25.7 Å². The number of hydrogen-bond acceptors (Lipinski definition) is 1. The number of rotatable bonds is 1. The maximum Gasteiger partial charge on any atom is 0.00696 e. The van der Waals surface area contributed by atoms with Crippen LogP contribution in [0, 0.1) is 0 Å². The molecule has 0 bridgehead atoms.